The van der Waals surface area contributed by atoms with Gasteiger partial charge in [0.05, 0.1) is 0 Å². The van der Waals surface area contributed by atoms with Crippen LogP contribution in [-0.2, 0) is 6.54 Å². The number of hydrogen-bond acceptors (Lipinski definition) is 4. The van der Waals surface area contributed by atoms with E-state index < -0.39 is 0 Å². The highest BCUT2D eigenvalue weighted by Crippen LogP contribution is 2.22. The number of H-pyrrole nitrogens is 1. The lowest BCUT2D eigenvalue weighted by atomic mass is 10.1. The van der Waals surface area contributed by atoms with Crippen LogP contribution in [0.3, 0.4) is 0 Å². The van der Waals surface area contributed by atoms with Gasteiger partial charge in [-0.3, -0.25) is 0 Å². The summed E-state index contributed by atoms with van der Waals surface area (Å²) in [5, 5.41) is 19.4. The van der Waals surface area contributed by atoms with Crippen molar-refractivity contribution < 1.29 is 4.39 Å². The highest BCUT2D eigenvalue weighted by Gasteiger charge is 2.10. The smallest absolute Gasteiger partial charge is 0.190 e. The maximum atomic E-state index is 13.0. The molecular formula is C17H14FN5. The monoisotopic (exact) mass is 307 g/mol. The van der Waals surface area contributed by atoms with Crippen molar-refractivity contribution in [3.63, 3.8) is 0 Å². The summed E-state index contributed by atoms with van der Waals surface area (Å²) in [6.45, 7) is 0.652. The Morgan fingerprint density at radius 3 is 2.70 bits per heavy atom. The topological polar surface area (TPSA) is 68.6 Å². The van der Waals surface area contributed by atoms with E-state index in [4.69, 9.17) is 5.26 Å². The fraction of sp³-hybridized carbons (Fsp3) is 0.118. The third kappa shape index (κ3) is 3.19. The first-order chi connectivity index (χ1) is 11.2. The van der Waals surface area contributed by atoms with Crippen molar-refractivity contribution in [1.82, 2.24) is 15.4 Å². The predicted molar refractivity (Wildman–Crippen MR) is 85.0 cm³/mol. The molecule has 0 aliphatic heterocycles. The number of benzene rings is 2. The molecule has 3 aromatic rings. The number of rotatable bonds is 4. The van der Waals surface area contributed by atoms with Crippen molar-refractivity contribution in [2.45, 2.75) is 6.54 Å². The van der Waals surface area contributed by atoms with Crippen LogP contribution in [0.15, 0.2) is 48.5 Å². The van der Waals surface area contributed by atoms with Crippen molar-refractivity contribution in [1.29, 1.82) is 5.26 Å². The van der Waals surface area contributed by atoms with Gasteiger partial charge in [-0.25, -0.2) is 4.39 Å². The van der Waals surface area contributed by atoms with Gasteiger partial charge in [0.25, 0.3) is 0 Å². The van der Waals surface area contributed by atoms with Crippen LogP contribution in [0.25, 0.3) is 11.3 Å². The van der Waals surface area contributed by atoms with Crippen LogP contribution in [-0.4, -0.2) is 22.5 Å². The maximum Gasteiger partial charge on any atom is 0.190 e. The number of aromatic nitrogens is 3. The number of nitriles is 1. The standard InChI is InChI=1S/C17H14FN5/c1-23(15-7-5-14(18)6-8-15)11-12-3-2-4-13(9-12)17-16(10-19)20-22-21-17/h2-9H,11H2,1H3,(H,20,21,22). The van der Waals surface area contributed by atoms with E-state index in [2.05, 4.69) is 15.4 Å². The van der Waals surface area contributed by atoms with Crippen molar-refractivity contribution >= 4 is 5.69 Å². The van der Waals surface area contributed by atoms with E-state index >= 15 is 0 Å². The molecule has 0 radical (unpaired) electrons. The number of halogens is 1. The highest BCUT2D eigenvalue weighted by molar-refractivity contribution is 5.64. The number of aromatic amines is 1. The summed E-state index contributed by atoms with van der Waals surface area (Å²) >= 11 is 0. The van der Waals surface area contributed by atoms with Crippen LogP contribution in [0.1, 0.15) is 11.3 Å². The molecule has 6 heteroatoms. The summed E-state index contributed by atoms with van der Waals surface area (Å²) in [7, 11) is 1.94. The van der Waals surface area contributed by atoms with Gasteiger partial charge in [0.2, 0.25) is 0 Å². The minimum atomic E-state index is -0.251. The van der Waals surface area contributed by atoms with Crippen LogP contribution >= 0.6 is 0 Å². The maximum absolute atomic E-state index is 13.0. The third-order valence-corrected chi connectivity index (χ3v) is 3.54. The number of nitrogens with zero attached hydrogens (tertiary/aromatic N) is 4. The van der Waals surface area contributed by atoms with Crippen molar-refractivity contribution in [2.75, 3.05) is 11.9 Å². The Kier molecular flexibility index (Phi) is 4.02. The zero-order chi connectivity index (χ0) is 16.2. The third-order valence-electron chi connectivity index (χ3n) is 3.54. The molecule has 1 aromatic heterocycles. The molecule has 0 amide bonds. The van der Waals surface area contributed by atoms with Gasteiger partial charge in [0.1, 0.15) is 17.6 Å². The Labute approximate surface area is 133 Å². The van der Waals surface area contributed by atoms with Crippen LogP contribution in [0.2, 0.25) is 0 Å². The molecule has 3 rings (SSSR count). The molecule has 0 fully saturated rings. The normalized spacial score (nSPS) is 10.3. The van der Waals surface area contributed by atoms with Crippen LogP contribution in [0.5, 0.6) is 0 Å². The second-order valence-electron chi connectivity index (χ2n) is 5.17. The molecule has 23 heavy (non-hydrogen) atoms. The number of hydrogen-bond donors (Lipinski definition) is 1. The fourth-order valence-corrected chi connectivity index (χ4v) is 2.39. The second-order valence-corrected chi connectivity index (χ2v) is 5.17. The molecule has 0 bridgehead atoms. The van der Waals surface area contributed by atoms with E-state index in [1.165, 1.54) is 12.1 Å². The molecule has 0 unspecified atom stereocenters. The molecule has 1 N–H and O–H groups in total. The summed E-state index contributed by atoms with van der Waals surface area (Å²) in [6.07, 6.45) is 0. The Hall–Kier alpha value is -3.20. The van der Waals surface area contributed by atoms with Gasteiger partial charge in [-0.2, -0.15) is 15.6 Å². The largest absolute Gasteiger partial charge is 0.370 e. The lowest BCUT2D eigenvalue weighted by molar-refractivity contribution is 0.627. The molecule has 0 saturated carbocycles. The summed E-state index contributed by atoms with van der Waals surface area (Å²) in [5.41, 5.74) is 3.63. The van der Waals surface area contributed by atoms with Crippen LogP contribution < -0.4 is 4.90 Å². The summed E-state index contributed by atoms with van der Waals surface area (Å²) < 4.78 is 13.0. The molecule has 0 aliphatic carbocycles. The fourth-order valence-electron chi connectivity index (χ4n) is 2.39. The summed E-state index contributed by atoms with van der Waals surface area (Å²) in [4.78, 5) is 2.02. The van der Waals surface area contributed by atoms with Crippen molar-refractivity contribution in [2.24, 2.45) is 0 Å². The van der Waals surface area contributed by atoms with Crippen molar-refractivity contribution in [3.05, 3.63) is 65.6 Å². The Morgan fingerprint density at radius 2 is 1.96 bits per heavy atom. The zero-order valence-electron chi connectivity index (χ0n) is 12.5. The van der Waals surface area contributed by atoms with Crippen LogP contribution in [0, 0.1) is 17.1 Å². The Morgan fingerprint density at radius 1 is 1.17 bits per heavy atom. The van der Waals surface area contributed by atoms with E-state index in [1.54, 1.807) is 12.1 Å². The van der Waals surface area contributed by atoms with Gasteiger partial charge in [-0.05, 0) is 35.9 Å². The van der Waals surface area contributed by atoms with Gasteiger partial charge in [0, 0.05) is 24.8 Å². The molecule has 0 saturated heterocycles. The average Bonchev–Trinajstić information content (AvgIpc) is 3.04. The Bertz CT molecular complexity index is 848. The minimum absolute atomic E-state index is 0.251. The second kappa shape index (κ2) is 6.28. The highest BCUT2D eigenvalue weighted by atomic mass is 19.1. The Balaban J connectivity index is 1.83. The molecule has 2 aromatic carbocycles. The molecule has 5 nitrogen and oxygen atoms in total. The van der Waals surface area contributed by atoms with Gasteiger partial charge >= 0.3 is 0 Å². The molecule has 0 atom stereocenters. The first-order valence-corrected chi connectivity index (χ1v) is 7.04. The van der Waals surface area contributed by atoms with Crippen molar-refractivity contribution in [3.8, 4) is 17.3 Å². The molecule has 0 spiro atoms. The van der Waals surface area contributed by atoms with Crippen LogP contribution in [0.4, 0.5) is 10.1 Å². The summed E-state index contributed by atoms with van der Waals surface area (Å²) in [5.74, 6) is -0.251. The van der Waals surface area contributed by atoms with Gasteiger partial charge in [-0.1, -0.05) is 18.2 Å². The lowest BCUT2D eigenvalue weighted by Gasteiger charge is -2.19. The predicted octanol–water partition coefficient (Wildman–Crippen LogP) is 3.12. The van der Waals surface area contributed by atoms with Gasteiger partial charge in [0.15, 0.2) is 5.69 Å². The van der Waals surface area contributed by atoms with E-state index in [9.17, 15) is 4.39 Å². The van der Waals surface area contributed by atoms with E-state index in [1.807, 2.05) is 42.3 Å². The lowest BCUT2D eigenvalue weighted by Crippen LogP contribution is -2.16. The van der Waals surface area contributed by atoms with Gasteiger partial charge in [-0.15, -0.1) is 5.10 Å². The quantitative estimate of drug-likeness (QED) is 0.804. The summed E-state index contributed by atoms with van der Waals surface area (Å²) in [6, 6.07) is 16.1. The zero-order valence-corrected chi connectivity index (χ0v) is 12.5. The number of anilines is 1. The van der Waals surface area contributed by atoms with E-state index in [-0.39, 0.29) is 11.5 Å². The van der Waals surface area contributed by atoms with Gasteiger partial charge < -0.3 is 4.90 Å². The molecule has 0 aliphatic rings. The average molecular weight is 307 g/mol. The first kappa shape index (κ1) is 14.7. The molecule has 1 heterocycles. The van der Waals surface area contributed by atoms with E-state index in [0.29, 0.717) is 12.2 Å². The first-order valence-electron chi connectivity index (χ1n) is 7.04. The molecular weight excluding hydrogens is 293 g/mol. The molecule has 114 valence electrons. The number of nitrogens with one attached hydrogen (secondary N) is 1. The SMILES string of the molecule is CN(Cc1cccc(-c2n[nH]nc2C#N)c1)c1ccc(F)cc1. The minimum Gasteiger partial charge on any atom is -0.370 e. The van der Waals surface area contributed by atoms with E-state index in [0.717, 1.165) is 16.8 Å².